The number of methoxy groups -OCH3 is 1. The number of likely N-dealkylation sites (tertiary alicyclic amines) is 1. The van der Waals surface area contributed by atoms with E-state index in [2.05, 4.69) is 5.32 Å². The Labute approximate surface area is 124 Å². The highest BCUT2D eigenvalue weighted by Gasteiger charge is 2.28. The van der Waals surface area contributed by atoms with E-state index in [1.165, 1.54) is 7.11 Å². The summed E-state index contributed by atoms with van der Waals surface area (Å²) in [5, 5.41) is 2.64. The van der Waals surface area contributed by atoms with Crippen LogP contribution in [0.5, 0.6) is 5.75 Å². The van der Waals surface area contributed by atoms with E-state index < -0.39 is 0 Å². The minimum Gasteiger partial charge on any atom is -0.495 e. The number of nitrogen functional groups attached to an aromatic ring is 1. The first kappa shape index (κ1) is 15.2. The van der Waals surface area contributed by atoms with Crippen molar-refractivity contribution in [2.45, 2.75) is 12.8 Å². The van der Waals surface area contributed by atoms with Crippen molar-refractivity contribution in [2.24, 2.45) is 5.92 Å². The fraction of sp³-hybridized carbons (Fsp3) is 0.467. The fourth-order valence-corrected chi connectivity index (χ4v) is 2.63. The van der Waals surface area contributed by atoms with E-state index in [0.29, 0.717) is 30.1 Å². The molecular weight excluding hydrogens is 270 g/mol. The van der Waals surface area contributed by atoms with E-state index in [-0.39, 0.29) is 17.7 Å². The van der Waals surface area contributed by atoms with E-state index in [4.69, 9.17) is 10.5 Å². The molecule has 6 heteroatoms. The van der Waals surface area contributed by atoms with Crippen molar-refractivity contribution < 1.29 is 14.3 Å². The monoisotopic (exact) mass is 291 g/mol. The van der Waals surface area contributed by atoms with Gasteiger partial charge in [-0.15, -0.1) is 0 Å². The molecule has 2 amide bonds. The summed E-state index contributed by atoms with van der Waals surface area (Å²) in [5.41, 5.74) is 6.79. The maximum absolute atomic E-state index is 12.5. The van der Waals surface area contributed by atoms with Crippen LogP contribution in [0.15, 0.2) is 18.2 Å². The molecule has 1 atom stereocenters. The predicted molar refractivity (Wildman–Crippen MR) is 80.1 cm³/mol. The van der Waals surface area contributed by atoms with E-state index >= 15 is 0 Å². The summed E-state index contributed by atoms with van der Waals surface area (Å²) in [6.45, 7) is 1.11. The highest BCUT2D eigenvalue weighted by atomic mass is 16.5. The molecular formula is C15H21N3O3. The predicted octanol–water partition coefficient (Wildman–Crippen LogP) is 0.876. The SMILES string of the molecule is CNC(=O)C1CCCN(C(=O)c2ccc(OC)c(N)c2)C1. The highest BCUT2D eigenvalue weighted by molar-refractivity contribution is 5.96. The van der Waals surface area contributed by atoms with E-state index in [1.54, 1.807) is 30.1 Å². The lowest BCUT2D eigenvalue weighted by molar-refractivity contribution is -0.125. The van der Waals surface area contributed by atoms with Crippen LogP contribution in [0.3, 0.4) is 0 Å². The third-order valence-electron chi connectivity index (χ3n) is 3.80. The van der Waals surface area contributed by atoms with Crippen LogP contribution in [0.4, 0.5) is 5.69 Å². The second-order valence-corrected chi connectivity index (χ2v) is 5.16. The van der Waals surface area contributed by atoms with Crippen LogP contribution in [-0.2, 0) is 4.79 Å². The summed E-state index contributed by atoms with van der Waals surface area (Å²) in [6.07, 6.45) is 1.64. The molecule has 1 heterocycles. The number of amides is 2. The number of anilines is 1. The Morgan fingerprint density at radius 1 is 1.43 bits per heavy atom. The number of nitrogens with zero attached hydrogens (tertiary/aromatic N) is 1. The quantitative estimate of drug-likeness (QED) is 0.810. The highest BCUT2D eigenvalue weighted by Crippen LogP contribution is 2.24. The molecule has 21 heavy (non-hydrogen) atoms. The van der Waals surface area contributed by atoms with E-state index in [0.717, 1.165) is 12.8 Å². The molecule has 3 N–H and O–H groups in total. The maximum atomic E-state index is 12.5. The lowest BCUT2D eigenvalue weighted by Gasteiger charge is -2.32. The number of carbonyl (C=O) groups excluding carboxylic acids is 2. The number of carbonyl (C=O) groups is 2. The van der Waals surface area contributed by atoms with Crippen LogP contribution in [0, 0.1) is 5.92 Å². The summed E-state index contributed by atoms with van der Waals surface area (Å²) >= 11 is 0. The van der Waals surface area contributed by atoms with Gasteiger partial charge in [-0.25, -0.2) is 0 Å². The zero-order valence-corrected chi connectivity index (χ0v) is 12.4. The molecule has 1 aromatic carbocycles. The molecule has 1 aliphatic rings. The third-order valence-corrected chi connectivity index (χ3v) is 3.80. The van der Waals surface area contributed by atoms with Gasteiger partial charge >= 0.3 is 0 Å². The first-order valence-electron chi connectivity index (χ1n) is 7.01. The molecule has 0 bridgehead atoms. The normalized spacial score (nSPS) is 18.2. The van der Waals surface area contributed by atoms with E-state index in [9.17, 15) is 9.59 Å². The molecule has 0 saturated carbocycles. The van der Waals surface area contributed by atoms with Crippen molar-refractivity contribution >= 4 is 17.5 Å². The third kappa shape index (κ3) is 3.26. The van der Waals surface area contributed by atoms with Crippen molar-refractivity contribution in [3.8, 4) is 5.75 Å². The summed E-state index contributed by atoms with van der Waals surface area (Å²) in [6, 6.07) is 4.99. The van der Waals surface area contributed by atoms with Gasteiger partial charge in [-0.05, 0) is 31.0 Å². The Morgan fingerprint density at radius 3 is 2.81 bits per heavy atom. The molecule has 1 aromatic rings. The fourth-order valence-electron chi connectivity index (χ4n) is 2.63. The van der Waals surface area contributed by atoms with Gasteiger partial charge in [-0.2, -0.15) is 0 Å². The molecule has 2 rings (SSSR count). The van der Waals surface area contributed by atoms with E-state index in [1.807, 2.05) is 0 Å². The molecule has 0 radical (unpaired) electrons. The van der Waals surface area contributed by atoms with Gasteiger partial charge in [0.2, 0.25) is 5.91 Å². The van der Waals surface area contributed by atoms with Crippen molar-refractivity contribution in [2.75, 3.05) is 33.0 Å². The van der Waals surface area contributed by atoms with Crippen LogP contribution < -0.4 is 15.8 Å². The average Bonchev–Trinajstić information content (AvgIpc) is 2.53. The zero-order valence-electron chi connectivity index (χ0n) is 12.4. The zero-order chi connectivity index (χ0) is 15.4. The Morgan fingerprint density at radius 2 is 2.19 bits per heavy atom. The summed E-state index contributed by atoms with van der Waals surface area (Å²) in [5.74, 6) is 0.302. The van der Waals surface area contributed by atoms with Gasteiger partial charge in [0.25, 0.3) is 5.91 Å². The van der Waals surface area contributed by atoms with Crippen molar-refractivity contribution in [1.29, 1.82) is 0 Å². The van der Waals surface area contributed by atoms with Gasteiger partial charge in [-0.1, -0.05) is 0 Å². The Balaban J connectivity index is 2.12. The molecule has 1 aliphatic heterocycles. The summed E-state index contributed by atoms with van der Waals surface area (Å²) < 4.78 is 5.09. The van der Waals surface area contributed by atoms with Gasteiger partial charge < -0.3 is 20.7 Å². The largest absolute Gasteiger partial charge is 0.495 e. The molecule has 0 spiro atoms. The number of piperidine rings is 1. The minimum absolute atomic E-state index is 0.0123. The van der Waals surface area contributed by atoms with Gasteiger partial charge in [0, 0.05) is 25.7 Å². The van der Waals surface area contributed by atoms with Gasteiger partial charge in [0.05, 0.1) is 18.7 Å². The van der Waals surface area contributed by atoms with Crippen LogP contribution >= 0.6 is 0 Å². The molecule has 0 aliphatic carbocycles. The molecule has 6 nitrogen and oxygen atoms in total. The van der Waals surface area contributed by atoms with Gasteiger partial charge in [-0.3, -0.25) is 9.59 Å². The maximum Gasteiger partial charge on any atom is 0.253 e. The molecule has 1 unspecified atom stereocenters. The number of hydrogen-bond acceptors (Lipinski definition) is 4. The number of nitrogens with one attached hydrogen (secondary N) is 1. The van der Waals surface area contributed by atoms with Crippen LogP contribution in [-0.4, -0.2) is 44.0 Å². The lowest BCUT2D eigenvalue weighted by atomic mass is 9.96. The van der Waals surface area contributed by atoms with Gasteiger partial charge in [0.1, 0.15) is 5.75 Å². The first-order valence-corrected chi connectivity index (χ1v) is 7.01. The number of nitrogens with two attached hydrogens (primary N) is 1. The molecule has 1 fully saturated rings. The Bertz CT molecular complexity index is 545. The number of rotatable bonds is 3. The van der Waals surface area contributed by atoms with Crippen LogP contribution in [0.25, 0.3) is 0 Å². The van der Waals surface area contributed by atoms with Crippen molar-refractivity contribution in [3.05, 3.63) is 23.8 Å². The Kier molecular flexibility index (Phi) is 4.67. The molecule has 1 saturated heterocycles. The lowest BCUT2D eigenvalue weighted by Crippen LogP contribution is -2.44. The van der Waals surface area contributed by atoms with Crippen LogP contribution in [0.2, 0.25) is 0 Å². The number of hydrogen-bond donors (Lipinski definition) is 2. The molecule has 0 aromatic heterocycles. The van der Waals surface area contributed by atoms with Crippen molar-refractivity contribution in [1.82, 2.24) is 10.2 Å². The van der Waals surface area contributed by atoms with Gasteiger partial charge in [0.15, 0.2) is 0 Å². The molecule has 114 valence electrons. The van der Waals surface area contributed by atoms with Crippen molar-refractivity contribution in [3.63, 3.8) is 0 Å². The topological polar surface area (TPSA) is 84.7 Å². The second-order valence-electron chi connectivity index (χ2n) is 5.16. The summed E-state index contributed by atoms with van der Waals surface area (Å²) in [7, 11) is 3.15. The Hall–Kier alpha value is -2.24. The average molecular weight is 291 g/mol. The first-order chi connectivity index (χ1) is 10.1. The number of benzene rings is 1. The summed E-state index contributed by atoms with van der Waals surface area (Å²) in [4.78, 5) is 25.9. The number of ether oxygens (including phenoxy) is 1. The van der Waals surface area contributed by atoms with Crippen LogP contribution in [0.1, 0.15) is 23.2 Å². The minimum atomic E-state index is -0.136. The standard InChI is InChI=1S/C15H21N3O3/c1-17-14(19)11-4-3-7-18(9-11)15(20)10-5-6-13(21-2)12(16)8-10/h5-6,8,11H,3-4,7,9,16H2,1-2H3,(H,17,19). The second kappa shape index (κ2) is 6.47. The smallest absolute Gasteiger partial charge is 0.253 e.